The summed E-state index contributed by atoms with van der Waals surface area (Å²) < 4.78 is 6.07. The van der Waals surface area contributed by atoms with Crippen LogP contribution in [0.15, 0.2) is 48.5 Å². The van der Waals surface area contributed by atoms with Crippen LogP contribution in [0, 0.1) is 0 Å². The van der Waals surface area contributed by atoms with E-state index in [1.807, 2.05) is 24.3 Å². The van der Waals surface area contributed by atoms with Gasteiger partial charge in [0.1, 0.15) is 22.8 Å². The summed E-state index contributed by atoms with van der Waals surface area (Å²) >= 11 is 9.30. The zero-order chi connectivity index (χ0) is 25.9. The van der Waals surface area contributed by atoms with Crippen molar-refractivity contribution in [2.75, 3.05) is 23.0 Å². The summed E-state index contributed by atoms with van der Waals surface area (Å²) in [6.45, 7) is 3.23. The van der Waals surface area contributed by atoms with Crippen LogP contribution in [0.3, 0.4) is 0 Å². The van der Waals surface area contributed by atoms with Gasteiger partial charge < -0.3 is 36.4 Å². The Morgan fingerprint density at radius 1 is 0.914 bits per heavy atom. The number of phenolic OH excluding ortho intramolecular Hbond substituents is 1. The molecule has 0 aliphatic heterocycles. The normalized spacial score (nSPS) is 8.00. The number of Topliss-reactive ketones (excluding diaryl/α,β-unsaturated/α-hetero) is 1. The maximum Gasteiger partial charge on any atom is 1.00 e. The van der Waals surface area contributed by atoms with E-state index in [0.717, 1.165) is 21.1 Å². The molecule has 0 heterocycles. The van der Waals surface area contributed by atoms with Crippen LogP contribution >= 0.6 is 47.8 Å². The van der Waals surface area contributed by atoms with Gasteiger partial charge in [0.05, 0.1) is 4.24 Å². The SMILES string of the molecule is BrCBr.CC(C)=O.O=CO[O-].OCCc1ccc(O)cc1.OCCc1ccc(OCBr)cc1.[H-].[K+].[K+]. The van der Waals surface area contributed by atoms with Gasteiger partial charge in [0.2, 0.25) is 0 Å². The molecule has 3 N–H and O–H groups in total. The predicted molar refractivity (Wildman–Crippen MR) is 138 cm³/mol. The van der Waals surface area contributed by atoms with Gasteiger partial charge in [-0.2, -0.15) is 0 Å². The average Bonchev–Trinajstić information content (AvgIpc) is 2.78. The van der Waals surface area contributed by atoms with Crippen molar-refractivity contribution in [3.63, 3.8) is 0 Å². The number of aliphatic hydroxyl groups is 2. The number of rotatable bonds is 7. The molecule has 0 spiro atoms. The van der Waals surface area contributed by atoms with Gasteiger partial charge >= 0.3 is 103 Å². The van der Waals surface area contributed by atoms with Crippen molar-refractivity contribution < 1.29 is 144 Å². The predicted octanol–water partition coefficient (Wildman–Crippen LogP) is -2.24. The van der Waals surface area contributed by atoms with E-state index < -0.39 is 0 Å². The molecular formula is C22H31Br3K2O8. The van der Waals surface area contributed by atoms with E-state index >= 15 is 0 Å². The molecule has 0 atom stereocenters. The van der Waals surface area contributed by atoms with E-state index in [1.165, 1.54) is 13.8 Å². The quantitative estimate of drug-likeness (QED) is 0.0955. The second-order valence-electron chi connectivity index (χ2n) is 5.71. The van der Waals surface area contributed by atoms with E-state index in [-0.39, 0.29) is 135 Å². The fraction of sp³-hybridized carbons (Fsp3) is 0.364. The Labute approximate surface area is 319 Å². The molecule has 0 aliphatic rings. The minimum absolute atomic E-state index is 0. The molecule has 2 rings (SSSR count). The first-order valence-electron chi connectivity index (χ1n) is 9.34. The Morgan fingerprint density at radius 3 is 1.49 bits per heavy atom. The summed E-state index contributed by atoms with van der Waals surface area (Å²) in [7, 11) is 0. The molecule has 0 saturated carbocycles. The topological polar surface area (TPSA) is 136 Å². The average molecular weight is 741 g/mol. The molecule has 2 aromatic carbocycles. The number of ketones is 1. The summed E-state index contributed by atoms with van der Waals surface area (Å²) in [5.41, 5.74) is 2.67. The fourth-order valence-corrected chi connectivity index (χ4v) is 2.00. The number of carbonyl (C=O) groups excluding carboxylic acids is 2. The maximum absolute atomic E-state index is 9.44. The third kappa shape index (κ3) is 40.4. The Kier molecular flexibility index (Phi) is 50.5. The molecule has 0 aliphatic carbocycles. The molecule has 0 unspecified atom stereocenters. The van der Waals surface area contributed by atoms with Gasteiger partial charge in [0, 0.05) is 13.2 Å². The second kappa shape index (κ2) is 37.9. The maximum atomic E-state index is 9.44. The molecular weight excluding hydrogens is 710 g/mol. The van der Waals surface area contributed by atoms with Gasteiger partial charge in [-0.15, -0.1) is 0 Å². The zero-order valence-corrected chi connectivity index (χ0v) is 31.5. The summed E-state index contributed by atoms with van der Waals surface area (Å²) in [4.78, 5) is 20.7. The first-order valence-corrected chi connectivity index (χ1v) is 12.7. The third-order valence-corrected chi connectivity index (χ3v) is 3.15. The fourth-order valence-electron chi connectivity index (χ4n) is 1.74. The summed E-state index contributed by atoms with van der Waals surface area (Å²) in [6.07, 6.45) is 1.36. The number of alkyl halides is 3. The number of halogens is 3. The number of hydrogen-bond acceptors (Lipinski definition) is 8. The number of ether oxygens (including phenoxy) is 1. The van der Waals surface area contributed by atoms with Crippen LogP contribution in [-0.4, -0.2) is 50.5 Å². The number of hydrogen-bond donors (Lipinski definition) is 3. The molecule has 35 heavy (non-hydrogen) atoms. The van der Waals surface area contributed by atoms with Gasteiger partial charge in [-0.1, -0.05) is 56.1 Å². The van der Waals surface area contributed by atoms with E-state index in [9.17, 15) is 4.79 Å². The van der Waals surface area contributed by atoms with Gasteiger partial charge in [-0.25, -0.2) is 0 Å². The first kappa shape index (κ1) is 46.6. The van der Waals surface area contributed by atoms with E-state index in [4.69, 9.17) is 30.1 Å². The molecule has 0 fully saturated rings. The molecule has 0 saturated heterocycles. The third-order valence-electron chi connectivity index (χ3n) is 2.92. The van der Waals surface area contributed by atoms with Crippen molar-refractivity contribution in [3.8, 4) is 11.5 Å². The molecule has 13 heteroatoms. The monoisotopic (exact) mass is 738 g/mol. The van der Waals surface area contributed by atoms with Crippen molar-refractivity contribution in [1.29, 1.82) is 0 Å². The molecule has 0 amide bonds. The van der Waals surface area contributed by atoms with Gasteiger partial charge in [-0.3, -0.25) is 4.79 Å². The molecule has 190 valence electrons. The van der Waals surface area contributed by atoms with Gasteiger partial charge in [0.25, 0.3) is 6.47 Å². The van der Waals surface area contributed by atoms with Gasteiger partial charge in [0.15, 0.2) is 0 Å². The second-order valence-corrected chi connectivity index (χ2v) is 8.80. The van der Waals surface area contributed by atoms with E-state index in [2.05, 4.69) is 52.7 Å². The van der Waals surface area contributed by atoms with Crippen LogP contribution in [-0.2, 0) is 27.3 Å². The van der Waals surface area contributed by atoms with Crippen LogP contribution in [0.5, 0.6) is 11.5 Å². The summed E-state index contributed by atoms with van der Waals surface area (Å²) in [6, 6.07) is 14.5. The summed E-state index contributed by atoms with van der Waals surface area (Å²) in [5, 5.41) is 34.5. The zero-order valence-electron chi connectivity index (χ0n) is 21.5. The largest absolute Gasteiger partial charge is 1.00 e. The number of phenols is 1. The molecule has 0 radical (unpaired) electrons. The van der Waals surface area contributed by atoms with Crippen molar-refractivity contribution in [3.05, 3.63) is 59.7 Å². The van der Waals surface area contributed by atoms with Crippen LogP contribution < -0.4 is 113 Å². The number of benzene rings is 2. The van der Waals surface area contributed by atoms with Crippen molar-refractivity contribution in [2.24, 2.45) is 0 Å². The molecule has 2 aromatic rings. The number of carbonyl (C=O) groups is 2. The van der Waals surface area contributed by atoms with Crippen molar-refractivity contribution in [1.82, 2.24) is 0 Å². The van der Waals surface area contributed by atoms with E-state index in [1.54, 1.807) is 24.3 Å². The summed E-state index contributed by atoms with van der Waals surface area (Å²) in [5.74, 6) is 1.27. The Hall–Kier alpha value is 1.77. The van der Waals surface area contributed by atoms with Crippen LogP contribution in [0.2, 0.25) is 0 Å². The van der Waals surface area contributed by atoms with Crippen LogP contribution in [0.1, 0.15) is 26.4 Å². The number of aromatic hydroxyl groups is 1. The molecule has 8 nitrogen and oxygen atoms in total. The van der Waals surface area contributed by atoms with E-state index in [0.29, 0.717) is 18.4 Å². The van der Waals surface area contributed by atoms with Crippen LogP contribution in [0.4, 0.5) is 0 Å². The standard InChI is InChI=1S/C9H11BrO2.C8H10O2.C3H6O.CH2Br2.CH2O3.2K.H/c10-7-12-9-3-1-8(2-4-9)5-6-11;9-6-5-7-1-3-8(10)4-2-7;1-3(2)4;2-1-3;2-1-4-3;;;/h1-4,11H,5-7H2;1-4,9-10H,5-6H2;1-2H3;1H2;1,3H;;;/q;;;;;2*+1;-1/p-1. The molecule has 0 aromatic heterocycles. The Morgan fingerprint density at radius 2 is 1.23 bits per heavy atom. The Balaban J connectivity index is -0.0000000850. The van der Waals surface area contributed by atoms with Gasteiger partial charge in [-0.05, 0) is 78.0 Å². The van der Waals surface area contributed by atoms with Crippen molar-refractivity contribution >= 4 is 60.0 Å². The minimum Gasteiger partial charge on any atom is -1.00 e. The van der Waals surface area contributed by atoms with Crippen LogP contribution in [0.25, 0.3) is 0 Å². The number of aliphatic hydroxyl groups excluding tert-OH is 2. The molecule has 0 bridgehead atoms. The smallest absolute Gasteiger partial charge is 1.00 e. The van der Waals surface area contributed by atoms with Crippen molar-refractivity contribution in [2.45, 2.75) is 26.7 Å². The minimum atomic E-state index is -0.181. The first-order chi connectivity index (χ1) is 15.7. The Bertz CT molecular complexity index is 672.